The average Bonchev–Trinajstić information content (AvgIpc) is 2.43. The van der Waals surface area contributed by atoms with Crippen LogP contribution in [0.25, 0.3) is 0 Å². The Hall–Kier alpha value is -1.05. The topological polar surface area (TPSA) is 37.3 Å². The van der Waals surface area contributed by atoms with Crippen LogP contribution in [0.4, 0.5) is 0 Å². The highest BCUT2D eigenvalue weighted by molar-refractivity contribution is 5.80. The highest BCUT2D eigenvalue weighted by Gasteiger charge is 2.52. The first kappa shape index (κ1) is 17.3. The third kappa shape index (κ3) is 3.02. The molecule has 2 nitrogen and oxygen atoms in total. The fourth-order valence-corrected chi connectivity index (χ4v) is 5.08. The summed E-state index contributed by atoms with van der Waals surface area (Å²) in [5.41, 5.74) is 3.25. The molecule has 2 aliphatic rings. The second-order valence-electron chi connectivity index (χ2n) is 8.21. The van der Waals surface area contributed by atoms with Gasteiger partial charge >= 0.3 is 5.97 Å². The summed E-state index contributed by atoms with van der Waals surface area (Å²) in [5, 5.41) is 8.92. The van der Waals surface area contributed by atoms with Gasteiger partial charge in [-0.05, 0) is 75.0 Å². The molecule has 2 aliphatic carbocycles. The maximum Gasteiger partial charge on any atom is 0.328 e. The summed E-state index contributed by atoms with van der Waals surface area (Å²) in [7, 11) is 0. The number of hydrogen-bond acceptors (Lipinski definition) is 1. The fourth-order valence-electron chi connectivity index (χ4n) is 5.08. The lowest BCUT2D eigenvalue weighted by Crippen LogP contribution is -2.49. The largest absolute Gasteiger partial charge is 0.478 e. The second kappa shape index (κ2) is 6.22. The SMILES string of the molecule is CC1=CCC[C@@H]2[C@@](C)(CC/C(C)=C/C(=O)O)[C@@H](C)CC[C@]12C. The van der Waals surface area contributed by atoms with Crippen molar-refractivity contribution >= 4 is 5.97 Å². The van der Waals surface area contributed by atoms with Gasteiger partial charge in [-0.1, -0.05) is 38.0 Å². The lowest BCUT2D eigenvalue weighted by molar-refractivity contribution is -0.131. The van der Waals surface area contributed by atoms with Gasteiger partial charge in [0, 0.05) is 6.08 Å². The van der Waals surface area contributed by atoms with Gasteiger partial charge in [0.15, 0.2) is 0 Å². The lowest BCUT2D eigenvalue weighted by Gasteiger charge is -2.58. The third-order valence-corrected chi connectivity index (χ3v) is 7.02. The van der Waals surface area contributed by atoms with Gasteiger partial charge in [0.25, 0.3) is 0 Å². The van der Waals surface area contributed by atoms with E-state index in [-0.39, 0.29) is 0 Å². The smallest absolute Gasteiger partial charge is 0.328 e. The van der Waals surface area contributed by atoms with Gasteiger partial charge in [0.2, 0.25) is 0 Å². The van der Waals surface area contributed by atoms with Crippen molar-refractivity contribution in [2.24, 2.45) is 22.7 Å². The first-order chi connectivity index (χ1) is 10.2. The minimum atomic E-state index is -0.819. The fraction of sp³-hybridized carbons (Fsp3) is 0.750. The van der Waals surface area contributed by atoms with Crippen LogP contribution >= 0.6 is 0 Å². The number of carboxylic acid groups (broad SMARTS) is 1. The highest BCUT2D eigenvalue weighted by Crippen LogP contribution is 2.61. The summed E-state index contributed by atoms with van der Waals surface area (Å²) in [6, 6.07) is 0. The van der Waals surface area contributed by atoms with Crippen molar-refractivity contribution in [1.29, 1.82) is 0 Å². The number of aliphatic carboxylic acids is 1. The van der Waals surface area contributed by atoms with Crippen molar-refractivity contribution in [3.05, 3.63) is 23.3 Å². The van der Waals surface area contributed by atoms with Gasteiger partial charge in [-0.15, -0.1) is 0 Å². The molecule has 0 bridgehead atoms. The molecule has 0 heterocycles. The highest BCUT2D eigenvalue weighted by atomic mass is 16.4. The van der Waals surface area contributed by atoms with Crippen LogP contribution < -0.4 is 0 Å². The summed E-state index contributed by atoms with van der Waals surface area (Å²) < 4.78 is 0. The summed E-state index contributed by atoms with van der Waals surface area (Å²) in [6.45, 7) is 11.6. The van der Waals surface area contributed by atoms with E-state index in [1.54, 1.807) is 5.57 Å². The molecule has 0 spiro atoms. The maximum atomic E-state index is 10.8. The molecule has 0 saturated heterocycles. The Morgan fingerprint density at radius 1 is 1.41 bits per heavy atom. The monoisotopic (exact) mass is 304 g/mol. The van der Waals surface area contributed by atoms with E-state index in [4.69, 9.17) is 5.11 Å². The van der Waals surface area contributed by atoms with Crippen LogP contribution in [0.2, 0.25) is 0 Å². The Bertz CT molecular complexity index is 502. The molecule has 0 aromatic heterocycles. The van der Waals surface area contributed by atoms with E-state index >= 15 is 0 Å². The Morgan fingerprint density at radius 3 is 2.73 bits per heavy atom. The van der Waals surface area contributed by atoms with Crippen molar-refractivity contribution in [1.82, 2.24) is 0 Å². The van der Waals surface area contributed by atoms with E-state index in [1.807, 2.05) is 6.92 Å². The molecule has 124 valence electrons. The molecule has 0 radical (unpaired) electrons. The van der Waals surface area contributed by atoms with Crippen LogP contribution in [0.1, 0.15) is 73.1 Å². The Morgan fingerprint density at radius 2 is 2.09 bits per heavy atom. The van der Waals surface area contributed by atoms with Crippen LogP contribution in [0, 0.1) is 22.7 Å². The Balaban J connectivity index is 2.22. The molecule has 0 aromatic rings. The molecule has 1 saturated carbocycles. The third-order valence-electron chi connectivity index (χ3n) is 7.02. The first-order valence-corrected chi connectivity index (χ1v) is 8.77. The van der Waals surface area contributed by atoms with E-state index in [1.165, 1.54) is 31.8 Å². The molecule has 2 heteroatoms. The standard InChI is InChI=1S/C20H32O2/c1-14(13-18(21)22)9-11-19(4)16(3)10-12-20(5)15(2)7-6-8-17(19)20/h7,13,16-17H,6,8-12H2,1-5H3,(H,21,22)/b14-13+/t16-,17+,19-,20+/m0/s1. The van der Waals surface area contributed by atoms with Crippen LogP contribution in [0.3, 0.4) is 0 Å². The van der Waals surface area contributed by atoms with E-state index in [0.717, 1.165) is 24.3 Å². The van der Waals surface area contributed by atoms with E-state index in [0.29, 0.717) is 16.7 Å². The summed E-state index contributed by atoms with van der Waals surface area (Å²) in [4.78, 5) is 10.8. The number of rotatable bonds is 4. The Kier molecular flexibility index (Phi) is 4.89. The zero-order chi connectivity index (χ0) is 16.5. The van der Waals surface area contributed by atoms with Crippen LogP contribution in [-0.4, -0.2) is 11.1 Å². The number of fused-ring (bicyclic) bond motifs is 1. The molecule has 0 aromatic carbocycles. The lowest BCUT2D eigenvalue weighted by atomic mass is 9.47. The minimum absolute atomic E-state index is 0.316. The van der Waals surface area contributed by atoms with Crippen LogP contribution in [-0.2, 0) is 4.79 Å². The quantitative estimate of drug-likeness (QED) is 0.542. The maximum absolute atomic E-state index is 10.8. The normalized spacial score (nSPS) is 39.1. The van der Waals surface area contributed by atoms with Gasteiger partial charge in [-0.25, -0.2) is 4.79 Å². The zero-order valence-corrected chi connectivity index (χ0v) is 14.9. The van der Waals surface area contributed by atoms with Gasteiger partial charge in [-0.2, -0.15) is 0 Å². The number of hydrogen-bond donors (Lipinski definition) is 1. The van der Waals surface area contributed by atoms with E-state index in [2.05, 4.69) is 33.8 Å². The molecule has 0 amide bonds. The average molecular weight is 304 g/mol. The Labute approximate surface area is 135 Å². The van der Waals surface area contributed by atoms with Crippen molar-refractivity contribution in [2.45, 2.75) is 73.1 Å². The summed E-state index contributed by atoms with van der Waals surface area (Å²) in [5.74, 6) is 0.626. The first-order valence-electron chi connectivity index (χ1n) is 8.77. The predicted octanol–water partition coefficient (Wildman–Crippen LogP) is 5.60. The molecule has 4 atom stereocenters. The number of allylic oxidation sites excluding steroid dienone is 3. The molecule has 1 N–H and O–H groups in total. The molecule has 2 rings (SSSR count). The van der Waals surface area contributed by atoms with Crippen LogP contribution in [0.5, 0.6) is 0 Å². The zero-order valence-electron chi connectivity index (χ0n) is 14.9. The summed E-state index contributed by atoms with van der Waals surface area (Å²) >= 11 is 0. The van der Waals surface area contributed by atoms with Crippen LogP contribution in [0.15, 0.2) is 23.3 Å². The van der Waals surface area contributed by atoms with E-state index < -0.39 is 5.97 Å². The van der Waals surface area contributed by atoms with E-state index in [9.17, 15) is 4.79 Å². The van der Waals surface area contributed by atoms with Gasteiger partial charge in [-0.3, -0.25) is 0 Å². The number of carboxylic acids is 1. The van der Waals surface area contributed by atoms with Crippen molar-refractivity contribution in [2.75, 3.05) is 0 Å². The molecule has 22 heavy (non-hydrogen) atoms. The predicted molar refractivity (Wildman–Crippen MR) is 91.7 cm³/mol. The van der Waals surface area contributed by atoms with Gasteiger partial charge in [0.1, 0.15) is 0 Å². The molecular weight excluding hydrogens is 272 g/mol. The van der Waals surface area contributed by atoms with Gasteiger partial charge in [0.05, 0.1) is 0 Å². The number of carbonyl (C=O) groups is 1. The molecule has 1 fully saturated rings. The van der Waals surface area contributed by atoms with Crippen molar-refractivity contribution in [3.8, 4) is 0 Å². The van der Waals surface area contributed by atoms with Crippen molar-refractivity contribution in [3.63, 3.8) is 0 Å². The second-order valence-corrected chi connectivity index (χ2v) is 8.21. The molecular formula is C20H32O2. The van der Waals surface area contributed by atoms with Crippen molar-refractivity contribution < 1.29 is 9.90 Å². The van der Waals surface area contributed by atoms with Gasteiger partial charge < -0.3 is 5.11 Å². The molecule has 0 unspecified atom stereocenters. The molecule has 0 aliphatic heterocycles. The minimum Gasteiger partial charge on any atom is -0.478 e. The summed E-state index contributed by atoms with van der Waals surface area (Å²) in [6.07, 6.45) is 10.9.